The molecule has 0 fully saturated rings. The number of carboxylic acid groups (broad SMARTS) is 1. The zero-order valence-electron chi connectivity index (χ0n) is 15.4. The van der Waals surface area contributed by atoms with Gasteiger partial charge in [-0.05, 0) is 24.8 Å². The van der Waals surface area contributed by atoms with Gasteiger partial charge in [0.05, 0.1) is 11.2 Å². The lowest BCUT2D eigenvalue weighted by Crippen LogP contribution is -2.42. The van der Waals surface area contributed by atoms with E-state index in [1.54, 1.807) is 0 Å². The van der Waals surface area contributed by atoms with Crippen molar-refractivity contribution in [3.8, 4) is 0 Å². The Labute approximate surface area is 167 Å². The van der Waals surface area contributed by atoms with Gasteiger partial charge in [0.25, 0.3) is 5.91 Å². The first-order chi connectivity index (χ1) is 12.8. The minimum atomic E-state index is -1.09. The smallest absolute Gasteiger partial charge is 0.326 e. The maximum absolute atomic E-state index is 12.5. The van der Waals surface area contributed by atoms with Crippen LogP contribution in [0.4, 0.5) is 0 Å². The molecule has 1 aromatic heterocycles. The lowest BCUT2D eigenvalue weighted by atomic mass is 10.0. The minimum Gasteiger partial charge on any atom is -0.480 e. The van der Waals surface area contributed by atoms with Gasteiger partial charge in [-0.25, -0.2) is 14.8 Å². The number of aryl methyl sites for hydroxylation is 1. The van der Waals surface area contributed by atoms with Crippen LogP contribution < -0.4 is 5.32 Å². The highest BCUT2D eigenvalue weighted by Crippen LogP contribution is 2.22. The van der Waals surface area contributed by atoms with E-state index in [1.165, 1.54) is 23.5 Å². The molecule has 0 radical (unpaired) electrons. The van der Waals surface area contributed by atoms with Gasteiger partial charge in [-0.15, -0.1) is 0 Å². The summed E-state index contributed by atoms with van der Waals surface area (Å²) < 4.78 is 0. The molecule has 27 heavy (non-hydrogen) atoms. The van der Waals surface area contributed by atoms with Gasteiger partial charge in [0.15, 0.2) is 10.9 Å². The van der Waals surface area contributed by atoms with Crippen molar-refractivity contribution in [2.24, 2.45) is 5.92 Å². The number of halogens is 1. The van der Waals surface area contributed by atoms with Gasteiger partial charge >= 0.3 is 5.97 Å². The topological polar surface area (TPSA) is 92.2 Å². The molecule has 0 aliphatic carbocycles. The number of carbonyl (C=O) groups excluding carboxylic acids is 1. The molecule has 0 saturated carbocycles. The lowest BCUT2D eigenvalue weighted by Gasteiger charge is -2.16. The third-order valence-corrected chi connectivity index (χ3v) is 4.95. The molecule has 2 N–H and O–H groups in total. The number of aromatic nitrogens is 2. The molecule has 2 aromatic rings. The lowest BCUT2D eigenvalue weighted by molar-refractivity contribution is -0.139. The highest BCUT2D eigenvalue weighted by molar-refractivity contribution is 7.98. The number of rotatable bonds is 8. The van der Waals surface area contributed by atoms with Crippen LogP contribution in [-0.2, 0) is 10.5 Å². The average molecular weight is 408 g/mol. The molecule has 1 heterocycles. The molecule has 0 aliphatic heterocycles. The van der Waals surface area contributed by atoms with E-state index < -0.39 is 17.9 Å². The fraction of sp³-hybridized carbons (Fsp3) is 0.368. The maximum Gasteiger partial charge on any atom is 0.326 e. The normalized spacial score (nSPS) is 12.0. The van der Waals surface area contributed by atoms with Gasteiger partial charge in [0.2, 0.25) is 0 Å². The van der Waals surface area contributed by atoms with Crippen LogP contribution in [0.3, 0.4) is 0 Å². The maximum atomic E-state index is 12.5. The van der Waals surface area contributed by atoms with Crippen LogP contribution in [-0.4, -0.2) is 33.0 Å². The molecular formula is C19H22ClN3O3S. The summed E-state index contributed by atoms with van der Waals surface area (Å²) in [6.07, 6.45) is 1.68. The van der Waals surface area contributed by atoms with Crippen LogP contribution in [0.5, 0.6) is 0 Å². The van der Waals surface area contributed by atoms with Crippen LogP contribution in [0, 0.1) is 12.8 Å². The Hall–Kier alpha value is -2.12. The zero-order chi connectivity index (χ0) is 20.0. The van der Waals surface area contributed by atoms with Crippen LogP contribution in [0.2, 0.25) is 5.02 Å². The predicted molar refractivity (Wildman–Crippen MR) is 106 cm³/mol. The summed E-state index contributed by atoms with van der Waals surface area (Å²) in [5, 5.41) is 12.3. The first-order valence-corrected chi connectivity index (χ1v) is 9.87. The molecule has 1 amide bonds. The third kappa shape index (κ3) is 6.52. The second kappa shape index (κ2) is 9.71. The van der Waals surface area contributed by atoms with Gasteiger partial charge in [0, 0.05) is 5.75 Å². The van der Waals surface area contributed by atoms with E-state index in [1.807, 2.05) is 45.0 Å². The second-order valence-electron chi connectivity index (χ2n) is 6.62. The van der Waals surface area contributed by atoms with Crippen LogP contribution >= 0.6 is 23.4 Å². The van der Waals surface area contributed by atoms with E-state index >= 15 is 0 Å². The molecule has 1 unspecified atom stereocenters. The first kappa shape index (κ1) is 21.2. The number of hydrogen-bond donors (Lipinski definition) is 2. The average Bonchev–Trinajstić information content (AvgIpc) is 2.61. The number of carboxylic acids is 1. The molecule has 144 valence electrons. The number of nitrogens with one attached hydrogen (secondary N) is 1. The SMILES string of the molecule is Cc1ccc(CSc2ncc(Cl)c(C(=O)NC(CC(C)C)C(=O)O)n2)cc1. The third-order valence-electron chi connectivity index (χ3n) is 3.74. The van der Waals surface area contributed by atoms with Crippen molar-refractivity contribution in [1.82, 2.24) is 15.3 Å². The number of thioether (sulfide) groups is 1. The Morgan fingerprint density at radius 1 is 1.26 bits per heavy atom. The monoisotopic (exact) mass is 407 g/mol. The van der Waals surface area contributed by atoms with Crippen LogP contribution in [0.15, 0.2) is 35.6 Å². The van der Waals surface area contributed by atoms with Gasteiger partial charge in [-0.3, -0.25) is 4.79 Å². The molecule has 0 spiro atoms. The molecule has 1 aromatic carbocycles. The number of carbonyl (C=O) groups is 2. The summed E-state index contributed by atoms with van der Waals surface area (Å²) in [5.41, 5.74) is 2.27. The van der Waals surface area contributed by atoms with E-state index in [0.717, 1.165) is 5.56 Å². The Balaban J connectivity index is 2.09. The van der Waals surface area contributed by atoms with Crippen molar-refractivity contribution < 1.29 is 14.7 Å². The first-order valence-electron chi connectivity index (χ1n) is 8.50. The molecule has 0 saturated heterocycles. The Morgan fingerprint density at radius 3 is 2.52 bits per heavy atom. The zero-order valence-corrected chi connectivity index (χ0v) is 17.0. The molecule has 6 nitrogen and oxygen atoms in total. The number of benzene rings is 1. The van der Waals surface area contributed by atoms with E-state index in [-0.39, 0.29) is 16.6 Å². The van der Waals surface area contributed by atoms with Crippen LogP contribution in [0.25, 0.3) is 0 Å². The van der Waals surface area contributed by atoms with Crippen molar-refractivity contribution in [3.05, 3.63) is 52.3 Å². The Bertz CT molecular complexity index is 812. The van der Waals surface area contributed by atoms with Crippen molar-refractivity contribution in [2.45, 2.75) is 44.1 Å². The minimum absolute atomic E-state index is 0.0203. The molecule has 2 rings (SSSR count). The Kier molecular flexibility index (Phi) is 7.62. The van der Waals surface area contributed by atoms with Gasteiger partial charge in [0.1, 0.15) is 6.04 Å². The summed E-state index contributed by atoms with van der Waals surface area (Å²) in [5.74, 6) is -0.939. The largest absolute Gasteiger partial charge is 0.480 e. The number of aliphatic carboxylic acids is 1. The van der Waals surface area contributed by atoms with Gasteiger partial charge in [-0.1, -0.05) is 67.0 Å². The van der Waals surface area contributed by atoms with Crippen molar-refractivity contribution >= 4 is 35.2 Å². The molecular weight excluding hydrogens is 386 g/mol. The van der Waals surface area contributed by atoms with E-state index in [0.29, 0.717) is 17.3 Å². The highest BCUT2D eigenvalue weighted by atomic mass is 35.5. The van der Waals surface area contributed by atoms with Gasteiger partial charge < -0.3 is 10.4 Å². The molecule has 1 atom stereocenters. The van der Waals surface area contributed by atoms with Crippen LogP contribution in [0.1, 0.15) is 41.9 Å². The van der Waals surface area contributed by atoms with E-state index in [4.69, 9.17) is 11.6 Å². The second-order valence-corrected chi connectivity index (χ2v) is 7.97. The molecule has 8 heteroatoms. The van der Waals surface area contributed by atoms with Gasteiger partial charge in [-0.2, -0.15) is 0 Å². The molecule has 0 bridgehead atoms. The predicted octanol–water partition coefficient (Wildman–Crippen LogP) is 3.96. The summed E-state index contributed by atoms with van der Waals surface area (Å²) in [4.78, 5) is 32.2. The van der Waals surface area contributed by atoms with Crippen molar-refractivity contribution in [2.75, 3.05) is 0 Å². The number of amides is 1. The number of hydrogen-bond acceptors (Lipinski definition) is 5. The summed E-state index contributed by atoms with van der Waals surface area (Å²) in [6, 6.07) is 7.10. The summed E-state index contributed by atoms with van der Waals surface area (Å²) >= 11 is 7.43. The standard InChI is InChI=1S/C19H22ClN3O3S/c1-11(2)8-15(18(25)26)22-17(24)16-14(20)9-21-19(23-16)27-10-13-6-4-12(3)5-7-13/h4-7,9,11,15H,8,10H2,1-3H3,(H,22,24)(H,25,26). The molecule has 0 aliphatic rings. The fourth-order valence-electron chi connectivity index (χ4n) is 2.33. The summed E-state index contributed by atoms with van der Waals surface area (Å²) in [7, 11) is 0. The van der Waals surface area contributed by atoms with E-state index in [9.17, 15) is 14.7 Å². The fourth-order valence-corrected chi connectivity index (χ4v) is 3.28. The summed E-state index contributed by atoms with van der Waals surface area (Å²) in [6.45, 7) is 5.80. The van der Waals surface area contributed by atoms with E-state index in [2.05, 4.69) is 15.3 Å². The number of nitrogens with zero attached hydrogens (tertiary/aromatic N) is 2. The van der Waals surface area contributed by atoms with Crippen molar-refractivity contribution in [3.63, 3.8) is 0 Å². The van der Waals surface area contributed by atoms with Crippen molar-refractivity contribution in [1.29, 1.82) is 0 Å². The quantitative estimate of drug-likeness (QED) is 0.508. The Morgan fingerprint density at radius 2 is 1.93 bits per heavy atom. The highest BCUT2D eigenvalue weighted by Gasteiger charge is 2.24.